The Bertz CT molecular complexity index is 996. The van der Waals surface area contributed by atoms with Crippen molar-refractivity contribution in [3.8, 4) is 11.4 Å². The van der Waals surface area contributed by atoms with E-state index in [1.165, 1.54) is 15.3 Å². The first kappa shape index (κ1) is 17.5. The van der Waals surface area contributed by atoms with Gasteiger partial charge in [-0.25, -0.2) is 18.3 Å². The molecule has 0 saturated carbocycles. The summed E-state index contributed by atoms with van der Waals surface area (Å²) in [7, 11) is 1.62. The van der Waals surface area contributed by atoms with Crippen LogP contribution in [0, 0.1) is 11.6 Å². The number of aromatic nitrogens is 3. The summed E-state index contributed by atoms with van der Waals surface area (Å²) in [5, 5.41) is 6.83. The Morgan fingerprint density at radius 2 is 1.85 bits per heavy atom. The van der Waals surface area contributed by atoms with Crippen LogP contribution in [0.2, 0.25) is 0 Å². The number of hydrogen-bond acceptors (Lipinski definition) is 3. The van der Waals surface area contributed by atoms with E-state index < -0.39 is 17.5 Å². The highest BCUT2D eigenvalue weighted by molar-refractivity contribution is 5.94. The molecular weight excluding hydrogens is 342 g/mol. The molecule has 0 fully saturated rings. The number of nitrogens with one attached hydrogen (secondary N) is 1. The fourth-order valence-electron chi connectivity index (χ4n) is 2.49. The van der Waals surface area contributed by atoms with Crippen LogP contribution in [-0.2, 0) is 13.6 Å². The van der Waals surface area contributed by atoms with Crippen LogP contribution in [0.4, 0.5) is 8.78 Å². The zero-order chi connectivity index (χ0) is 18.7. The average Bonchev–Trinajstić information content (AvgIpc) is 2.93. The summed E-state index contributed by atoms with van der Waals surface area (Å²) in [6.45, 7) is 0.262. The zero-order valence-corrected chi connectivity index (χ0v) is 13.9. The molecule has 0 radical (unpaired) electrons. The molecule has 0 atom stereocenters. The molecule has 134 valence electrons. The van der Waals surface area contributed by atoms with Gasteiger partial charge in [-0.05, 0) is 18.2 Å². The summed E-state index contributed by atoms with van der Waals surface area (Å²) in [5.41, 5.74) is 0.491. The smallest absolute Gasteiger partial charge is 0.345 e. The van der Waals surface area contributed by atoms with E-state index in [1.807, 2.05) is 30.3 Å². The van der Waals surface area contributed by atoms with Gasteiger partial charge in [0.15, 0.2) is 17.5 Å². The molecule has 0 aliphatic rings. The minimum atomic E-state index is -1.09. The van der Waals surface area contributed by atoms with Crippen molar-refractivity contribution >= 4 is 5.91 Å². The molecule has 26 heavy (non-hydrogen) atoms. The molecule has 0 saturated heterocycles. The monoisotopic (exact) mass is 358 g/mol. The topological polar surface area (TPSA) is 68.9 Å². The molecule has 6 nitrogen and oxygen atoms in total. The first-order chi connectivity index (χ1) is 12.5. The highest BCUT2D eigenvalue weighted by Crippen LogP contribution is 2.13. The lowest BCUT2D eigenvalue weighted by atomic mass is 10.2. The maximum Gasteiger partial charge on any atom is 0.345 e. The van der Waals surface area contributed by atoms with Crippen molar-refractivity contribution in [2.75, 3.05) is 6.54 Å². The van der Waals surface area contributed by atoms with E-state index >= 15 is 0 Å². The molecule has 0 aliphatic carbocycles. The molecule has 8 heteroatoms. The Labute approximate surface area is 147 Å². The number of rotatable bonds is 5. The van der Waals surface area contributed by atoms with Crippen molar-refractivity contribution in [2.24, 2.45) is 7.05 Å². The number of halogens is 2. The molecule has 1 N–H and O–H groups in total. The third kappa shape index (κ3) is 3.53. The predicted octanol–water partition coefficient (Wildman–Crippen LogP) is 1.96. The van der Waals surface area contributed by atoms with Gasteiger partial charge in [0.1, 0.15) is 0 Å². The van der Waals surface area contributed by atoms with Crippen LogP contribution in [0.1, 0.15) is 10.4 Å². The Morgan fingerprint density at radius 1 is 1.12 bits per heavy atom. The SMILES string of the molecule is Cn1c(-c2ccccc2)nn(CCNC(=O)c2ccc(F)c(F)c2)c1=O. The third-order valence-electron chi connectivity index (χ3n) is 3.86. The van der Waals surface area contributed by atoms with Gasteiger partial charge in [0, 0.05) is 24.7 Å². The van der Waals surface area contributed by atoms with Crippen molar-refractivity contribution < 1.29 is 13.6 Å². The Kier molecular flexibility index (Phi) is 4.92. The molecular formula is C18H16F2N4O2. The van der Waals surface area contributed by atoms with Gasteiger partial charge in [0.2, 0.25) is 0 Å². The molecule has 3 rings (SSSR count). The minimum Gasteiger partial charge on any atom is -0.350 e. The Morgan fingerprint density at radius 3 is 2.54 bits per heavy atom. The Hall–Kier alpha value is -3.29. The second kappa shape index (κ2) is 7.30. The second-order valence-corrected chi connectivity index (χ2v) is 5.64. The molecule has 1 amide bonds. The molecule has 0 spiro atoms. The van der Waals surface area contributed by atoms with Crippen molar-refractivity contribution in [3.63, 3.8) is 0 Å². The van der Waals surface area contributed by atoms with Crippen molar-refractivity contribution in [3.05, 3.63) is 76.2 Å². The molecule has 3 aromatic rings. The fourth-order valence-corrected chi connectivity index (χ4v) is 2.49. The molecule has 0 unspecified atom stereocenters. The van der Waals surface area contributed by atoms with Crippen LogP contribution in [-0.4, -0.2) is 26.8 Å². The van der Waals surface area contributed by atoms with Gasteiger partial charge in [0.25, 0.3) is 5.91 Å². The quantitative estimate of drug-likeness (QED) is 0.758. The van der Waals surface area contributed by atoms with Crippen LogP contribution in [0.5, 0.6) is 0 Å². The second-order valence-electron chi connectivity index (χ2n) is 5.64. The third-order valence-corrected chi connectivity index (χ3v) is 3.86. The van der Waals surface area contributed by atoms with E-state index in [0.29, 0.717) is 5.82 Å². The van der Waals surface area contributed by atoms with Crippen LogP contribution in [0.25, 0.3) is 11.4 Å². The van der Waals surface area contributed by atoms with Crippen molar-refractivity contribution in [1.29, 1.82) is 0 Å². The number of nitrogens with zero attached hydrogens (tertiary/aromatic N) is 3. The summed E-state index contributed by atoms with van der Waals surface area (Å²) in [6.07, 6.45) is 0. The van der Waals surface area contributed by atoms with E-state index in [4.69, 9.17) is 0 Å². The van der Waals surface area contributed by atoms with E-state index in [1.54, 1.807) is 7.05 Å². The number of amides is 1. The van der Waals surface area contributed by atoms with Crippen LogP contribution in [0.15, 0.2) is 53.3 Å². The van der Waals surface area contributed by atoms with Gasteiger partial charge in [0.05, 0.1) is 6.54 Å². The average molecular weight is 358 g/mol. The van der Waals surface area contributed by atoms with Crippen LogP contribution < -0.4 is 11.0 Å². The predicted molar refractivity (Wildman–Crippen MR) is 91.6 cm³/mol. The molecule has 1 aromatic heterocycles. The summed E-state index contributed by atoms with van der Waals surface area (Å²) in [5.74, 6) is -2.15. The zero-order valence-electron chi connectivity index (χ0n) is 13.9. The number of carbonyl (C=O) groups is 1. The van der Waals surface area contributed by atoms with Gasteiger partial charge in [-0.3, -0.25) is 9.36 Å². The Balaban J connectivity index is 1.68. The van der Waals surface area contributed by atoms with Gasteiger partial charge in [-0.2, -0.15) is 0 Å². The summed E-state index contributed by atoms with van der Waals surface area (Å²) in [6, 6.07) is 12.2. The minimum absolute atomic E-state index is 0.00208. The van der Waals surface area contributed by atoms with Gasteiger partial charge < -0.3 is 5.32 Å². The lowest BCUT2D eigenvalue weighted by molar-refractivity contribution is 0.0951. The van der Waals surface area contributed by atoms with Crippen molar-refractivity contribution in [2.45, 2.75) is 6.54 Å². The van der Waals surface area contributed by atoms with Crippen LogP contribution in [0.3, 0.4) is 0 Å². The first-order valence-electron chi connectivity index (χ1n) is 7.90. The fraction of sp³-hybridized carbons (Fsp3) is 0.167. The highest BCUT2D eigenvalue weighted by atomic mass is 19.2. The summed E-state index contributed by atoms with van der Waals surface area (Å²) >= 11 is 0. The number of carbonyl (C=O) groups excluding carboxylic acids is 1. The maximum absolute atomic E-state index is 13.2. The molecule has 2 aromatic carbocycles. The van der Waals surface area contributed by atoms with E-state index in [9.17, 15) is 18.4 Å². The van der Waals surface area contributed by atoms with E-state index in [-0.39, 0.29) is 24.3 Å². The normalized spacial score (nSPS) is 10.7. The first-order valence-corrected chi connectivity index (χ1v) is 7.90. The van der Waals surface area contributed by atoms with Crippen LogP contribution >= 0.6 is 0 Å². The number of hydrogen-bond donors (Lipinski definition) is 1. The maximum atomic E-state index is 13.2. The largest absolute Gasteiger partial charge is 0.350 e. The van der Waals surface area contributed by atoms with Gasteiger partial charge in [-0.1, -0.05) is 30.3 Å². The van der Waals surface area contributed by atoms with Gasteiger partial charge in [-0.15, -0.1) is 5.10 Å². The van der Waals surface area contributed by atoms with Crippen molar-refractivity contribution in [1.82, 2.24) is 19.7 Å². The lowest BCUT2D eigenvalue weighted by Crippen LogP contribution is -2.31. The van der Waals surface area contributed by atoms with Gasteiger partial charge >= 0.3 is 5.69 Å². The summed E-state index contributed by atoms with van der Waals surface area (Å²) in [4.78, 5) is 24.2. The van der Waals surface area contributed by atoms with E-state index in [0.717, 1.165) is 17.7 Å². The van der Waals surface area contributed by atoms with E-state index in [2.05, 4.69) is 10.4 Å². The summed E-state index contributed by atoms with van der Waals surface area (Å²) < 4.78 is 28.7. The lowest BCUT2D eigenvalue weighted by Gasteiger charge is -2.05. The standard InChI is InChI=1S/C18H16F2N4O2/c1-23-16(12-5-3-2-4-6-12)22-24(18(23)26)10-9-21-17(25)13-7-8-14(19)15(20)11-13/h2-8,11H,9-10H2,1H3,(H,21,25). The molecule has 0 aliphatic heterocycles. The highest BCUT2D eigenvalue weighted by Gasteiger charge is 2.13. The number of benzene rings is 2. The molecule has 0 bridgehead atoms. The molecule has 1 heterocycles.